The summed E-state index contributed by atoms with van der Waals surface area (Å²) in [6, 6.07) is 18.2. The van der Waals surface area contributed by atoms with Crippen molar-refractivity contribution in [2.24, 2.45) is 23.7 Å². The Morgan fingerprint density at radius 2 is 1.55 bits per heavy atom. The lowest BCUT2D eigenvalue weighted by Crippen LogP contribution is -2.59. The zero-order valence-electron chi connectivity index (χ0n) is 22.2. The van der Waals surface area contributed by atoms with E-state index in [2.05, 4.69) is 17.6 Å². The summed E-state index contributed by atoms with van der Waals surface area (Å²) in [6.45, 7) is 6.53. The van der Waals surface area contributed by atoms with Crippen LogP contribution in [0, 0.1) is 23.7 Å². The SMILES string of the molecule is CC(C)[C@H](CO)N1C(=O)[C@@H]2[C@@H](C(=O)NCc3ccccc3)[C@H]3CC(C)C2(S3)C1C(=O)NCc1ccccc1. The van der Waals surface area contributed by atoms with Crippen molar-refractivity contribution >= 4 is 29.5 Å². The second kappa shape index (κ2) is 10.7. The number of nitrogens with one attached hydrogen (secondary N) is 2. The second-order valence-corrected chi connectivity index (χ2v) is 12.7. The number of amides is 3. The lowest BCUT2D eigenvalue weighted by atomic mass is 9.66. The molecule has 3 aliphatic rings. The van der Waals surface area contributed by atoms with Gasteiger partial charge in [0.25, 0.3) is 0 Å². The number of benzene rings is 2. The Morgan fingerprint density at radius 1 is 1.00 bits per heavy atom. The molecule has 0 aromatic heterocycles. The number of fused-ring (bicyclic) bond motifs is 1. The molecular formula is C30H37N3O4S. The fourth-order valence-electron chi connectivity index (χ4n) is 6.82. The molecule has 1 spiro atoms. The van der Waals surface area contributed by atoms with Gasteiger partial charge in [-0.1, -0.05) is 81.4 Å². The first kappa shape index (κ1) is 26.8. The summed E-state index contributed by atoms with van der Waals surface area (Å²) in [6.07, 6.45) is 0.777. The van der Waals surface area contributed by atoms with Crippen LogP contribution in [0.5, 0.6) is 0 Å². The number of rotatable bonds is 9. The van der Waals surface area contributed by atoms with Crippen molar-refractivity contribution in [1.82, 2.24) is 15.5 Å². The molecule has 3 fully saturated rings. The Kier molecular flexibility index (Phi) is 7.56. The van der Waals surface area contributed by atoms with Gasteiger partial charge in [-0.2, -0.15) is 0 Å². The summed E-state index contributed by atoms with van der Waals surface area (Å²) < 4.78 is -0.709. The van der Waals surface area contributed by atoms with Crippen LogP contribution in [0.3, 0.4) is 0 Å². The van der Waals surface area contributed by atoms with Crippen LogP contribution >= 0.6 is 11.8 Å². The van der Waals surface area contributed by atoms with Crippen LogP contribution in [0.15, 0.2) is 60.7 Å². The zero-order valence-corrected chi connectivity index (χ0v) is 23.0. The first-order valence-electron chi connectivity index (χ1n) is 13.5. The molecule has 3 heterocycles. The number of aliphatic hydroxyl groups is 1. The Labute approximate surface area is 228 Å². The molecule has 7 nitrogen and oxygen atoms in total. The summed E-state index contributed by atoms with van der Waals surface area (Å²) in [5.41, 5.74) is 1.97. The first-order valence-corrected chi connectivity index (χ1v) is 14.4. The maximum Gasteiger partial charge on any atom is 0.244 e. The number of likely N-dealkylation sites (tertiary alicyclic amines) is 1. The van der Waals surface area contributed by atoms with Gasteiger partial charge >= 0.3 is 0 Å². The Morgan fingerprint density at radius 3 is 2.08 bits per heavy atom. The number of hydrogen-bond acceptors (Lipinski definition) is 5. The van der Waals surface area contributed by atoms with E-state index in [4.69, 9.17) is 0 Å². The summed E-state index contributed by atoms with van der Waals surface area (Å²) in [5, 5.41) is 16.5. The molecule has 2 aromatic carbocycles. The molecule has 0 aliphatic carbocycles. The topological polar surface area (TPSA) is 98.7 Å². The first-order chi connectivity index (χ1) is 18.3. The van der Waals surface area contributed by atoms with Gasteiger partial charge in [-0.05, 0) is 29.4 Å². The van der Waals surface area contributed by atoms with Gasteiger partial charge in [-0.3, -0.25) is 14.4 Å². The fourth-order valence-corrected chi connectivity index (χ4v) is 9.23. The highest BCUT2D eigenvalue weighted by Gasteiger charge is 2.76. The highest BCUT2D eigenvalue weighted by atomic mass is 32.2. The molecule has 0 saturated carbocycles. The molecule has 3 aliphatic heterocycles. The summed E-state index contributed by atoms with van der Waals surface area (Å²) in [4.78, 5) is 43.5. The van der Waals surface area contributed by atoms with Crippen molar-refractivity contribution in [3.8, 4) is 0 Å². The van der Waals surface area contributed by atoms with Gasteiger partial charge in [0.05, 0.1) is 29.2 Å². The van der Waals surface area contributed by atoms with Crippen LogP contribution in [-0.2, 0) is 27.5 Å². The van der Waals surface area contributed by atoms with Crippen molar-refractivity contribution in [1.29, 1.82) is 0 Å². The van der Waals surface area contributed by atoms with E-state index in [1.165, 1.54) is 0 Å². The minimum Gasteiger partial charge on any atom is -0.394 e. The summed E-state index contributed by atoms with van der Waals surface area (Å²) in [7, 11) is 0. The third-order valence-corrected chi connectivity index (χ3v) is 10.7. The van der Waals surface area contributed by atoms with E-state index in [1.807, 2.05) is 74.5 Å². The van der Waals surface area contributed by atoms with Gasteiger partial charge in [0.2, 0.25) is 17.7 Å². The van der Waals surface area contributed by atoms with Crippen molar-refractivity contribution in [2.45, 2.75) is 62.4 Å². The number of nitrogens with zero attached hydrogens (tertiary/aromatic N) is 1. The summed E-state index contributed by atoms with van der Waals surface area (Å²) in [5.74, 6) is -1.60. The maximum atomic E-state index is 14.2. The minimum absolute atomic E-state index is 0.0204. The molecule has 38 heavy (non-hydrogen) atoms. The average molecular weight is 536 g/mol. The number of aliphatic hydroxyl groups excluding tert-OH is 1. The van der Waals surface area contributed by atoms with Gasteiger partial charge in [-0.15, -0.1) is 11.8 Å². The molecule has 8 heteroatoms. The van der Waals surface area contributed by atoms with E-state index >= 15 is 0 Å². The molecule has 3 unspecified atom stereocenters. The highest BCUT2D eigenvalue weighted by molar-refractivity contribution is 8.02. The van der Waals surface area contributed by atoms with E-state index in [9.17, 15) is 19.5 Å². The van der Waals surface area contributed by atoms with Crippen molar-refractivity contribution < 1.29 is 19.5 Å². The van der Waals surface area contributed by atoms with Gasteiger partial charge in [-0.25, -0.2) is 0 Å². The number of thioether (sulfide) groups is 1. The number of carbonyl (C=O) groups excluding carboxylic acids is 3. The molecule has 7 atom stereocenters. The maximum absolute atomic E-state index is 14.2. The lowest BCUT2D eigenvalue weighted by molar-refractivity contribution is -0.143. The third-order valence-electron chi connectivity index (χ3n) is 8.67. The average Bonchev–Trinajstić information content (AvgIpc) is 3.51. The third kappa shape index (κ3) is 4.41. The number of carbonyl (C=O) groups is 3. The fraction of sp³-hybridized carbons (Fsp3) is 0.500. The van der Waals surface area contributed by atoms with Gasteiger partial charge in [0.1, 0.15) is 6.04 Å². The minimum atomic E-state index is -0.750. The van der Waals surface area contributed by atoms with Gasteiger partial charge in [0, 0.05) is 18.3 Å². The van der Waals surface area contributed by atoms with E-state index in [0.29, 0.717) is 13.1 Å². The van der Waals surface area contributed by atoms with Crippen molar-refractivity contribution in [3.05, 3.63) is 71.8 Å². The Hall–Kier alpha value is -2.84. The normalized spacial score (nSPS) is 30.4. The Bertz CT molecular complexity index is 1180. The van der Waals surface area contributed by atoms with Gasteiger partial charge in [0.15, 0.2) is 0 Å². The standard InChI is InChI=1S/C30H37N3O4S/c1-18(2)22(17-34)33-26(28(36)32-16-21-12-8-5-9-13-21)30-19(3)14-23(38-30)24(25(30)29(33)37)27(35)31-15-20-10-6-4-7-11-20/h4-13,18-19,22-26,34H,14-17H2,1-3H3,(H,31,35)(H,32,36)/t19?,22-,23+,24-,25-,26?,30?/m0/s1. The molecular weight excluding hydrogens is 498 g/mol. The van der Waals surface area contributed by atoms with Crippen LogP contribution in [0.1, 0.15) is 38.3 Å². The van der Waals surface area contributed by atoms with E-state index in [0.717, 1.165) is 17.5 Å². The smallest absolute Gasteiger partial charge is 0.244 e. The summed E-state index contributed by atoms with van der Waals surface area (Å²) >= 11 is 1.66. The molecule has 202 valence electrons. The highest BCUT2D eigenvalue weighted by Crippen LogP contribution is 2.68. The molecule has 3 N–H and O–H groups in total. The Balaban J connectivity index is 1.46. The zero-order chi connectivity index (χ0) is 27.0. The van der Waals surface area contributed by atoms with Crippen molar-refractivity contribution in [3.63, 3.8) is 0 Å². The molecule has 0 radical (unpaired) electrons. The van der Waals surface area contributed by atoms with Crippen LogP contribution in [0.2, 0.25) is 0 Å². The van der Waals surface area contributed by atoms with Crippen molar-refractivity contribution in [2.75, 3.05) is 6.61 Å². The van der Waals surface area contributed by atoms with E-state index in [1.54, 1.807) is 16.7 Å². The molecule has 5 rings (SSSR count). The lowest BCUT2D eigenvalue weighted by Gasteiger charge is -2.40. The van der Waals surface area contributed by atoms with E-state index in [-0.39, 0.29) is 41.4 Å². The molecule has 2 bridgehead atoms. The number of hydrogen-bond donors (Lipinski definition) is 3. The predicted molar refractivity (Wildman–Crippen MR) is 148 cm³/mol. The molecule has 3 saturated heterocycles. The monoisotopic (exact) mass is 535 g/mol. The quantitative estimate of drug-likeness (QED) is 0.459. The van der Waals surface area contributed by atoms with E-state index < -0.39 is 28.7 Å². The van der Waals surface area contributed by atoms with Crippen LogP contribution < -0.4 is 10.6 Å². The molecule has 3 amide bonds. The predicted octanol–water partition coefficient (Wildman–Crippen LogP) is 2.97. The van der Waals surface area contributed by atoms with Crippen LogP contribution in [-0.4, -0.2) is 56.4 Å². The van der Waals surface area contributed by atoms with Crippen LogP contribution in [0.25, 0.3) is 0 Å². The van der Waals surface area contributed by atoms with Crippen LogP contribution in [0.4, 0.5) is 0 Å². The molecule has 2 aromatic rings. The largest absolute Gasteiger partial charge is 0.394 e. The second-order valence-electron chi connectivity index (χ2n) is 11.2. The van der Waals surface area contributed by atoms with Gasteiger partial charge < -0.3 is 20.6 Å².